The van der Waals surface area contributed by atoms with Gasteiger partial charge in [-0.1, -0.05) is 150 Å². The molecule has 0 aliphatic heterocycles. The highest BCUT2D eigenvalue weighted by Gasteiger charge is 2.15. The van der Waals surface area contributed by atoms with Crippen molar-refractivity contribution in [2.45, 2.75) is 252 Å². The van der Waals surface area contributed by atoms with Crippen molar-refractivity contribution in [3.63, 3.8) is 0 Å². The summed E-state index contributed by atoms with van der Waals surface area (Å²) in [5.41, 5.74) is 5.84. The highest BCUT2D eigenvalue weighted by Crippen LogP contribution is 2.19. The van der Waals surface area contributed by atoms with Gasteiger partial charge in [0.2, 0.25) is 0 Å². The first kappa shape index (κ1) is 49.9. The molecule has 0 aromatic rings. The summed E-state index contributed by atoms with van der Waals surface area (Å²) in [5.74, 6) is 0.0127. The zero-order valence-corrected chi connectivity index (χ0v) is 35.0. The minimum absolute atomic E-state index is 0.0118. The number of hydrogen-bond donors (Lipinski definition) is 1. The molecule has 51 heavy (non-hydrogen) atoms. The minimum atomic E-state index is -0.0118. The standard InChI is InChI=1S/C45H90N2O4/c1-5-9-12-15-19-25-33-42(8-4)50-44(48)37-29-24-31-40-47(41-32-38-46)39-30-23-18-22-28-36-45(49)51-43(34-26-20-16-13-10-6-2)35-27-21-17-14-11-7-3/h42-43H,5-41,46H2,1-4H3. The van der Waals surface area contributed by atoms with Crippen molar-refractivity contribution < 1.29 is 19.1 Å². The molecule has 1 atom stereocenters. The van der Waals surface area contributed by atoms with Crippen molar-refractivity contribution in [1.82, 2.24) is 4.90 Å². The molecule has 6 nitrogen and oxygen atoms in total. The Kier molecular flexibility index (Phi) is 39.2. The van der Waals surface area contributed by atoms with Crippen LogP contribution in [0.25, 0.3) is 0 Å². The molecule has 1 unspecified atom stereocenters. The monoisotopic (exact) mass is 723 g/mol. The third-order valence-electron chi connectivity index (χ3n) is 10.6. The highest BCUT2D eigenvalue weighted by atomic mass is 16.5. The number of nitrogens with two attached hydrogens (primary N) is 1. The number of carbonyl (C=O) groups excluding carboxylic acids is 2. The second-order valence-electron chi connectivity index (χ2n) is 15.6. The average molecular weight is 723 g/mol. The van der Waals surface area contributed by atoms with Gasteiger partial charge in [0.1, 0.15) is 12.2 Å². The SMILES string of the molecule is CCCCCCCCC(CC)OC(=O)CCCCCN(CCCN)CCCCCCCC(=O)OC(CCCCCCCC)CCCCCCCC. The van der Waals surface area contributed by atoms with Gasteiger partial charge in [-0.15, -0.1) is 0 Å². The topological polar surface area (TPSA) is 81.9 Å². The molecule has 0 heterocycles. The largest absolute Gasteiger partial charge is 0.462 e. The molecule has 0 aliphatic carbocycles. The Balaban J connectivity index is 4.19. The van der Waals surface area contributed by atoms with Crippen LogP contribution in [0.3, 0.4) is 0 Å². The Hall–Kier alpha value is -1.14. The second-order valence-corrected chi connectivity index (χ2v) is 15.6. The Morgan fingerprint density at radius 3 is 1.20 bits per heavy atom. The van der Waals surface area contributed by atoms with E-state index < -0.39 is 0 Å². The van der Waals surface area contributed by atoms with Gasteiger partial charge in [0.15, 0.2) is 0 Å². The quantitative estimate of drug-likeness (QED) is 0.0500. The Bertz CT molecular complexity index is 717. The highest BCUT2D eigenvalue weighted by molar-refractivity contribution is 5.69. The van der Waals surface area contributed by atoms with Crippen LogP contribution in [0.5, 0.6) is 0 Å². The van der Waals surface area contributed by atoms with Gasteiger partial charge < -0.3 is 20.1 Å². The first-order chi connectivity index (χ1) is 25.0. The average Bonchev–Trinajstić information content (AvgIpc) is 3.13. The van der Waals surface area contributed by atoms with Crippen LogP contribution < -0.4 is 5.73 Å². The van der Waals surface area contributed by atoms with E-state index in [2.05, 4.69) is 32.6 Å². The lowest BCUT2D eigenvalue weighted by atomic mass is 10.0. The molecular formula is C45H90N2O4. The molecule has 0 saturated carbocycles. The summed E-state index contributed by atoms with van der Waals surface area (Å²) in [5, 5.41) is 0. The molecule has 0 spiro atoms. The number of unbranched alkanes of at least 4 members (excludes halogenated alkanes) is 21. The van der Waals surface area contributed by atoms with Crippen molar-refractivity contribution in [1.29, 1.82) is 0 Å². The van der Waals surface area contributed by atoms with E-state index in [-0.39, 0.29) is 24.1 Å². The maximum Gasteiger partial charge on any atom is 0.306 e. The van der Waals surface area contributed by atoms with Gasteiger partial charge in [-0.2, -0.15) is 0 Å². The molecule has 304 valence electrons. The van der Waals surface area contributed by atoms with Gasteiger partial charge in [-0.05, 0) is 103 Å². The van der Waals surface area contributed by atoms with E-state index in [0.717, 1.165) is 90.4 Å². The van der Waals surface area contributed by atoms with Gasteiger partial charge in [0.05, 0.1) is 0 Å². The van der Waals surface area contributed by atoms with E-state index in [1.165, 1.54) is 135 Å². The molecule has 0 fully saturated rings. The molecular weight excluding hydrogens is 633 g/mol. The molecule has 0 amide bonds. The van der Waals surface area contributed by atoms with Crippen LogP contribution in [0.4, 0.5) is 0 Å². The molecule has 0 radical (unpaired) electrons. The van der Waals surface area contributed by atoms with Crippen molar-refractivity contribution in [2.75, 3.05) is 26.2 Å². The Labute approximate surface area is 318 Å². The van der Waals surface area contributed by atoms with Crippen LogP contribution in [0, 0.1) is 0 Å². The van der Waals surface area contributed by atoms with Crippen molar-refractivity contribution in [3.05, 3.63) is 0 Å². The molecule has 0 aromatic heterocycles. The smallest absolute Gasteiger partial charge is 0.306 e. The number of rotatable bonds is 41. The molecule has 0 bridgehead atoms. The van der Waals surface area contributed by atoms with E-state index in [9.17, 15) is 9.59 Å². The third kappa shape index (κ3) is 35.6. The minimum Gasteiger partial charge on any atom is -0.462 e. The predicted molar refractivity (Wildman–Crippen MR) is 220 cm³/mol. The fourth-order valence-corrected chi connectivity index (χ4v) is 7.12. The van der Waals surface area contributed by atoms with E-state index in [0.29, 0.717) is 12.8 Å². The lowest BCUT2D eigenvalue weighted by Gasteiger charge is -2.22. The number of hydrogen-bond acceptors (Lipinski definition) is 6. The van der Waals surface area contributed by atoms with Gasteiger partial charge in [-0.3, -0.25) is 9.59 Å². The summed E-state index contributed by atoms with van der Waals surface area (Å²) in [6.07, 6.45) is 38.2. The van der Waals surface area contributed by atoms with E-state index in [4.69, 9.17) is 15.2 Å². The van der Waals surface area contributed by atoms with E-state index >= 15 is 0 Å². The first-order valence-corrected chi connectivity index (χ1v) is 22.8. The third-order valence-corrected chi connectivity index (χ3v) is 10.6. The normalized spacial score (nSPS) is 12.2. The van der Waals surface area contributed by atoms with Gasteiger partial charge in [-0.25, -0.2) is 0 Å². The molecule has 2 N–H and O–H groups in total. The predicted octanol–water partition coefficient (Wildman–Crippen LogP) is 13.0. The zero-order chi connectivity index (χ0) is 37.5. The fourth-order valence-electron chi connectivity index (χ4n) is 7.12. The van der Waals surface area contributed by atoms with Gasteiger partial charge in [0, 0.05) is 12.8 Å². The first-order valence-electron chi connectivity index (χ1n) is 22.8. The maximum absolute atomic E-state index is 12.7. The summed E-state index contributed by atoms with van der Waals surface area (Å²) >= 11 is 0. The van der Waals surface area contributed by atoms with Crippen molar-refractivity contribution in [2.24, 2.45) is 5.73 Å². The molecule has 0 aliphatic rings. The van der Waals surface area contributed by atoms with Crippen LogP contribution in [-0.2, 0) is 19.1 Å². The lowest BCUT2D eigenvalue weighted by molar-refractivity contribution is -0.150. The van der Waals surface area contributed by atoms with Gasteiger partial charge in [0.25, 0.3) is 0 Å². The summed E-state index contributed by atoms with van der Waals surface area (Å²) in [4.78, 5) is 27.7. The number of esters is 2. The fraction of sp³-hybridized carbons (Fsp3) is 0.956. The Morgan fingerprint density at radius 2 is 0.765 bits per heavy atom. The van der Waals surface area contributed by atoms with Gasteiger partial charge >= 0.3 is 11.9 Å². The van der Waals surface area contributed by atoms with Crippen LogP contribution in [0.15, 0.2) is 0 Å². The van der Waals surface area contributed by atoms with E-state index in [1.54, 1.807) is 0 Å². The summed E-state index contributed by atoms with van der Waals surface area (Å²) in [6.45, 7) is 12.9. The zero-order valence-electron chi connectivity index (χ0n) is 35.0. The maximum atomic E-state index is 12.7. The molecule has 0 rings (SSSR count). The second kappa shape index (κ2) is 40.1. The number of ether oxygens (including phenoxy) is 2. The molecule has 0 aromatic carbocycles. The van der Waals surface area contributed by atoms with Crippen LogP contribution in [0.1, 0.15) is 240 Å². The molecule has 6 heteroatoms. The molecule has 0 saturated heterocycles. The van der Waals surface area contributed by atoms with Crippen molar-refractivity contribution in [3.8, 4) is 0 Å². The number of carbonyl (C=O) groups is 2. The van der Waals surface area contributed by atoms with Crippen LogP contribution in [0.2, 0.25) is 0 Å². The summed E-state index contributed by atoms with van der Waals surface area (Å²) < 4.78 is 11.8. The van der Waals surface area contributed by atoms with Crippen LogP contribution in [-0.4, -0.2) is 55.2 Å². The summed E-state index contributed by atoms with van der Waals surface area (Å²) in [6, 6.07) is 0. The lowest BCUT2D eigenvalue weighted by Crippen LogP contribution is -2.28. The summed E-state index contributed by atoms with van der Waals surface area (Å²) in [7, 11) is 0. The van der Waals surface area contributed by atoms with E-state index in [1.807, 2.05) is 0 Å². The Morgan fingerprint density at radius 1 is 0.431 bits per heavy atom. The number of nitrogens with zero attached hydrogens (tertiary/aromatic N) is 1. The van der Waals surface area contributed by atoms with Crippen molar-refractivity contribution >= 4 is 11.9 Å². The van der Waals surface area contributed by atoms with Crippen LogP contribution >= 0.6 is 0 Å².